The molecule has 1 aliphatic heterocycles. The Balaban J connectivity index is 0.00000288. The van der Waals surface area contributed by atoms with Crippen molar-refractivity contribution in [1.82, 2.24) is 10.0 Å². The van der Waals surface area contributed by atoms with Crippen molar-refractivity contribution in [1.29, 1.82) is 0 Å². The first kappa shape index (κ1) is 20.8. The maximum absolute atomic E-state index is 13.9. The quantitative estimate of drug-likeness (QED) is 0.614. The Bertz CT molecular complexity index is 826. The van der Waals surface area contributed by atoms with Gasteiger partial charge in [0.25, 0.3) is 0 Å². The number of nitrogens with one attached hydrogen (secondary N) is 3. The molecule has 1 aromatic carbocycles. The maximum Gasteiger partial charge on any atom is 0.240 e. The van der Waals surface area contributed by atoms with Crippen LogP contribution in [0.25, 0.3) is 0 Å². The average Bonchev–Trinajstić information content (AvgIpc) is 2.47. The molecule has 0 fully saturated rings. The fourth-order valence-corrected chi connectivity index (χ4v) is 3.66. The molecule has 0 bridgehead atoms. The Morgan fingerprint density at radius 1 is 1.25 bits per heavy atom. The second-order valence-electron chi connectivity index (χ2n) is 5.16. The summed E-state index contributed by atoms with van der Waals surface area (Å²) in [6, 6.07) is 3.01. The SMILES string of the molecule is CS(=O)(=O)Nc1ccc(S(=O)(=O)NCC2=CCNCC2)cc1F.Cl. The second-order valence-corrected chi connectivity index (χ2v) is 8.67. The first-order valence-corrected chi connectivity index (χ1v) is 10.2. The van der Waals surface area contributed by atoms with Gasteiger partial charge in [0.2, 0.25) is 20.0 Å². The number of hydrogen-bond acceptors (Lipinski definition) is 5. The number of sulfonamides is 2. The van der Waals surface area contributed by atoms with E-state index in [4.69, 9.17) is 0 Å². The highest BCUT2D eigenvalue weighted by Crippen LogP contribution is 2.20. The van der Waals surface area contributed by atoms with Gasteiger partial charge in [0.1, 0.15) is 5.82 Å². The molecule has 24 heavy (non-hydrogen) atoms. The van der Waals surface area contributed by atoms with Gasteiger partial charge >= 0.3 is 0 Å². The Morgan fingerprint density at radius 2 is 1.96 bits per heavy atom. The molecular formula is C13H19ClFN3O4S2. The number of anilines is 1. The molecule has 7 nitrogen and oxygen atoms in total. The minimum Gasteiger partial charge on any atom is -0.313 e. The van der Waals surface area contributed by atoms with Gasteiger partial charge in [-0.3, -0.25) is 4.72 Å². The number of rotatable bonds is 6. The lowest BCUT2D eigenvalue weighted by Crippen LogP contribution is -2.29. The van der Waals surface area contributed by atoms with Crippen molar-refractivity contribution in [3.05, 3.63) is 35.7 Å². The fraction of sp³-hybridized carbons (Fsp3) is 0.385. The average molecular weight is 400 g/mol. The van der Waals surface area contributed by atoms with Crippen molar-refractivity contribution in [2.24, 2.45) is 0 Å². The molecule has 0 radical (unpaired) electrons. The smallest absolute Gasteiger partial charge is 0.240 e. The van der Waals surface area contributed by atoms with E-state index >= 15 is 0 Å². The molecule has 0 aromatic heterocycles. The second kappa shape index (κ2) is 8.26. The molecule has 1 aromatic rings. The highest BCUT2D eigenvalue weighted by atomic mass is 35.5. The van der Waals surface area contributed by atoms with Gasteiger partial charge in [-0.1, -0.05) is 11.6 Å². The third-order valence-electron chi connectivity index (χ3n) is 3.19. The van der Waals surface area contributed by atoms with E-state index in [9.17, 15) is 21.2 Å². The molecule has 0 atom stereocenters. The molecule has 3 N–H and O–H groups in total. The molecule has 0 saturated heterocycles. The largest absolute Gasteiger partial charge is 0.313 e. The van der Waals surface area contributed by atoms with E-state index in [1.54, 1.807) is 0 Å². The molecule has 0 saturated carbocycles. The van der Waals surface area contributed by atoms with Crippen molar-refractivity contribution in [2.75, 3.05) is 30.6 Å². The van der Waals surface area contributed by atoms with Crippen LogP contribution in [0, 0.1) is 5.82 Å². The maximum atomic E-state index is 13.9. The molecular weight excluding hydrogens is 381 g/mol. The summed E-state index contributed by atoms with van der Waals surface area (Å²) in [5.74, 6) is -0.959. The highest BCUT2D eigenvalue weighted by Gasteiger charge is 2.18. The van der Waals surface area contributed by atoms with E-state index in [2.05, 4.69) is 10.0 Å². The summed E-state index contributed by atoms with van der Waals surface area (Å²) < 4.78 is 64.8. The van der Waals surface area contributed by atoms with E-state index < -0.39 is 25.9 Å². The van der Waals surface area contributed by atoms with Crippen LogP contribution in [0.4, 0.5) is 10.1 Å². The molecule has 1 aliphatic rings. The molecule has 1 heterocycles. The molecule has 2 rings (SSSR count). The van der Waals surface area contributed by atoms with Gasteiger partial charge in [-0.05, 0) is 31.2 Å². The third-order valence-corrected chi connectivity index (χ3v) is 5.18. The van der Waals surface area contributed by atoms with Crippen LogP contribution in [-0.4, -0.2) is 42.7 Å². The Hall–Kier alpha value is -1.20. The molecule has 0 amide bonds. The molecule has 0 unspecified atom stereocenters. The van der Waals surface area contributed by atoms with E-state index in [0.29, 0.717) is 6.54 Å². The zero-order chi connectivity index (χ0) is 17.1. The van der Waals surface area contributed by atoms with Crippen molar-refractivity contribution in [3.63, 3.8) is 0 Å². The van der Waals surface area contributed by atoms with Crippen molar-refractivity contribution in [3.8, 4) is 0 Å². The van der Waals surface area contributed by atoms with Crippen LogP contribution in [0.5, 0.6) is 0 Å². The van der Waals surface area contributed by atoms with Crippen molar-refractivity contribution >= 4 is 38.1 Å². The zero-order valence-electron chi connectivity index (χ0n) is 12.9. The zero-order valence-corrected chi connectivity index (χ0v) is 15.3. The Labute approximate surface area is 147 Å². The lowest BCUT2D eigenvalue weighted by molar-refractivity contribution is 0.579. The predicted molar refractivity (Wildman–Crippen MR) is 92.9 cm³/mol. The number of benzene rings is 1. The van der Waals surface area contributed by atoms with Crippen LogP contribution in [0.1, 0.15) is 6.42 Å². The van der Waals surface area contributed by atoms with Crippen LogP contribution in [0.3, 0.4) is 0 Å². The highest BCUT2D eigenvalue weighted by molar-refractivity contribution is 7.92. The van der Waals surface area contributed by atoms with E-state index in [0.717, 1.165) is 43.0 Å². The minimum absolute atomic E-state index is 0. The summed E-state index contributed by atoms with van der Waals surface area (Å²) in [4.78, 5) is -0.261. The first-order valence-electron chi connectivity index (χ1n) is 6.83. The van der Waals surface area contributed by atoms with E-state index in [1.807, 2.05) is 10.8 Å². The summed E-state index contributed by atoms with van der Waals surface area (Å²) in [6.07, 6.45) is 3.53. The number of halogens is 2. The molecule has 136 valence electrons. The van der Waals surface area contributed by atoms with Gasteiger partial charge < -0.3 is 5.32 Å². The number of hydrogen-bond donors (Lipinski definition) is 3. The van der Waals surface area contributed by atoms with Crippen LogP contribution in [0.15, 0.2) is 34.7 Å². The summed E-state index contributed by atoms with van der Waals surface area (Å²) in [5.41, 5.74) is 0.663. The lowest BCUT2D eigenvalue weighted by Gasteiger charge is -2.15. The molecule has 11 heteroatoms. The van der Waals surface area contributed by atoms with Crippen LogP contribution in [0.2, 0.25) is 0 Å². The van der Waals surface area contributed by atoms with Gasteiger partial charge in [0.05, 0.1) is 16.8 Å². The van der Waals surface area contributed by atoms with Crippen LogP contribution < -0.4 is 14.8 Å². The predicted octanol–water partition coefficient (Wildman–Crippen LogP) is 0.817. The minimum atomic E-state index is -3.87. The Morgan fingerprint density at radius 3 is 2.50 bits per heavy atom. The standard InChI is InChI=1S/C13H18FN3O4S2.ClH/c1-22(18,19)17-13-3-2-11(8-12(13)14)23(20,21)16-9-10-4-6-15-7-5-10;/h2-4,8,15-17H,5-7,9H2,1H3;1H. The van der Waals surface area contributed by atoms with Crippen molar-refractivity contribution in [2.45, 2.75) is 11.3 Å². The van der Waals surface area contributed by atoms with Gasteiger partial charge in [-0.15, -0.1) is 12.4 Å². The van der Waals surface area contributed by atoms with Gasteiger partial charge in [-0.25, -0.2) is 25.9 Å². The van der Waals surface area contributed by atoms with Gasteiger partial charge in [0.15, 0.2) is 0 Å². The fourth-order valence-electron chi connectivity index (χ4n) is 2.05. The first-order chi connectivity index (χ1) is 10.7. The van der Waals surface area contributed by atoms with E-state index in [-0.39, 0.29) is 29.5 Å². The summed E-state index contributed by atoms with van der Waals surface area (Å²) >= 11 is 0. The summed E-state index contributed by atoms with van der Waals surface area (Å²) in [7, 11) is -7.51. The normalized spacial score (nSPS) is 15.3. The van der Waals surface area contributed by atoms with Crippen LogP contribution >= 0.6 is 12.4 Å². The third kappa shape index (κ3) is 6.02. The van der Waals surface area contributed by atoms with Crippen LogP contribution in [-0.2, 0) is 20.0 Å². The van der Waals surface area contributed by atoms with E-state index in [1.165, 1.54) is 0 Å². The monoisotopic (exact) mass is 399 g/mol. The summed E-state index contributed by atoms with van der Waals surface area (Å²) in [5, 5.41) is 3.12. The topological polar surface area (TPSA) is 104 Å². The summed E-state index contributed by atoms with van der Waals surface area (Å²) in [6.45, 7) is 1.64. The van der Waals surface area contributed by atoms with Gasteiger partial charge in [-0.2, -0.15) is 0 Å². The Kier molecular flexibility index (Phi) is 7.17. The van der Waals surface area contributed by atoms with Crippen molar-refractivity contribution < 1.29 is 21.2 Å². The lowest BCUT2D eigenvalue weighted by atomic mass is 10.1. The molecule has 0 spiro atoms. The van der Waals surface area contributed by atoms with Gasteiger partial charge in [0, 0.05) is 13.1 Å². The molecule has 0 aliphatic carbocycles.